The third kappa shape index (κ3) is 4.16. The van der Waals surface area contributed by atoms with Gasteiger partial charge in [-0.1, -0.05) is 32.4 Å². The van der Waals surface area contributed by atoms with Gasteiger partial charge in [0.1, 0.15) is 5.52 Å². The number of amides is 1. The molecule has 2 atom stereocenters. The first kappa shape index (κ1) is 15.3. The average molecular weight is 288 g/mol. The first-order valence-electron chi connectivity index (χ1n) is 7.09. The molecule has 0 aliphatic carbocycles. The number of fused-ring (bicyclic) bond motifs is 1. The second-order valence-corrected chi connectivity index (χ2v) is 5.05. The summed E-state index contributed by atoms with van der Waals surface area (Å²) in [6.45, 7) is 4.19. The summed E-state index contributed by atoms with van der Waals surface area (Å²) in [6.07, 6.45) is 3.21. The first-order chi connectivity index (χ1) is 10.1. The van der Waals surface area contributed by atoms with E-state index in [9.17, 15) is 9.90 Å². The van der Waals surface area contributed by atoms with E-state index in [1.54, 1.807) is 0 Å². The third-order valence-corrected chi connectivity index (χ3v) is 3.47. The van der Waals surface area contributed by atoms with Crippen molar-refractivity contribution in [1.82, 2.24) is 10.3 Å². The molecule has 0 fully saturated rings. The highest BCUT2D eigenvalue weighted by Gasteiger charge is 2.12. The average Bonchev–Trinajstić information content (AvgIpc) is 2.92. The molecular formula is C16H20N2O3. The lowest BCUT2D eigenvalue weighted by Gasteiger charge is -2.16. The van der Waals surface area contributed by atoms with E-state index in [1.807, 2.05) is 38.1 Å². The van der Waals surface area contributed by atoms with Gasteiger partial charge in [-0.3, -0.25) is 4.79 Å². The minimum Gasteiger partial charge on any atom is -0.437 e. The number of hydrogen-bond acceptors (Lipinski definition) is 4. The smallest absolute Gasteiger partial charge is 0.244 e. The topological polar surface area (TPSA) is 75.4 Å². The van der Waals surface area contributed by atoms with Crippen molar-refractivity contribution in [3.05, 3.63) is 36.2 Å². The summed E-state index contributed by atoms with van der Waals surface area (Å²) in [5.74, 6) is 0.264. The summed E-state index contributed by atoms with van der Waals surface area (Å²) in [7, 11) is 0. The number of para-hydroxylation sites is 2. The highest BCUT2D eigenvalue weighted by molar-refractivity contribution is 5.91. The minimum absolute atomic E-state index is 0.159. The van der Waals surface area contributed by atoms with Gasteiger partial charge < -0.3 is 14.8 Å². The number of rotatable bonds is 6. The molecule has 1 amide bonds. The molecule has 0 spiro atoms. The predicted molar refractivity (Wildman–Crippen MR) is 81.5 cm³/mol. The van der Waals surface area contributed by atoms with E-state index >= 15 is 0 Å². The van der Waals surface area contributed by atoms with Gasteiger partial charge in [0.05, 0.1) is 6.10 Å². The normalized spacial score (nSPS) is 14.4. The number of benzene rings is 1. The first-order valence-corrected chi connectivity index (χ1v) is 7.09. The summed E-state index contributed by atoms with van der Waals surface area (Å²) in [5, 5.41) is 12.4. The van der Waals surface area contributed by atoms with Crippen LogP contribution in [0.25, 0.3) is 17.2 Å². The van der Waals surface area contributed by atoms with Crippen LogP contribution in [-0.4, -0.2) is 28.6 Å². The Labute approximate surface area is 123 Å². The van der Waals surface area contributed by atoms with Gasteiger partial charge >= 0.3 is 0 Å². The summed E-state index contributed by atoms with van der Waals surface area (Å²) >= 11 is 0. The van der Waals surface area contributed by atoms with Crippen LogP contribution in [0.1, 0.15) is 26.2 Å². The number of carbonyl (C=O) groups excluding carboxylic acids is 1. The third-order valence-electron chi connectivity index (χ3n) is 3.47. The molecule has 0 saturated carbocycles. The molecule has 0 bridgehead atoms. The molecule has 2 aromatic rings. The molecule has 2 unspecified atom stereocenters. The van der Waals surface area contributed by atoms with Gasteiger partial charge in [0.2, 0.25) is 11.8 Å². The van der Waals surface area contributed by atoms with Crippen molar-refractivity contribution in [3.63, 3.8) is 0 Å². The molecule has 1 heterocycles. The van der Waals surface area contributed by atoms with Crippen LogP contribution < -0.4 is 5.32 Å². The Hall–Kier alpha value is -2.14. The van der Waals surface area contributed by atoms with Crippen molar-refractivity contribution in [2.24, 2.45) is 5.92 Å². The zero-order chi connectivity index (χ0) is 15.2. The Morgan fingerprint density at radius 2 is 2.24 bits per heavy atom. The molecule has 5 nitrogen and oxygen atoms in total. The van der Waals surface area contributed by atoms with Crippen LogP contribution in [0.4, 0.5) is 0 Å². The van der Waals surface area contributed by atoms with E-state index < -0.39 is 6.10 Å². The lowest BCUT2D eigenvalue weighted by Crippen LogP contribution is -2.34. The van der Waals surface area contributed by atoms with E-state index in [0.29, 0.717) is 11.5 Å². The highest BCUT2D eigenvalue weighted by atomic mass is 16.3. The fourth-order valence-electron chi connectivity index (χ4n) is 1.85. The lowest BCUT2D eigenvalue weighted by atomic mass is 10.0. The van der Waals surface area contributed by atoms with Crippen LogP contribution in [0.2, 0.25) is 0 Å². The molecular weight excluding hydrogens is 268 g/mol. The van der Waals surface area contributed by atoms with Crippen LogP contribution in [0.5, 0.6) is 0 Å². The molecule has 21 heavy (non-hydrogen) atoms. The van der Waals surface area contributed by atoms with Crippen molar-refractivity contribution >= 4 is 23.1 Å². The molecule has 0 radical (unpaired) electrons. The van der Waals surface area contributed by atoms with E-state index in [2.05, 4.69) is 10.3 Å². The maximum atomic E-state index is 11.7. The summed E-state index contributed by atoms with van der Waals surface area (Å²) < 4.78 is 5.47. The minimum atomic E-state index is -0.531. The number of carbonyl (C=O) groups is 1. The number of aliphatic hydroxyl groups excluding tert-OH is 1. The summed E-state index contributed by atoms with van der Waals surface area (Å²) in [4.78, 5) is 15.9. The molecule has 0 saturated heterocycles. The van der Waals surface area contributed by atoms with Gasteiger partial charge in [-0.25, -0.2) is 4.98 Å². The van der Waals surface area contributed by atoms with Crippen molar-refractivity contribution in [2.75, 3.05) is 6.54 Å². The fourth-order valence-corrected chi connectivity index (χ4v) is 1.85. The van der Waals surface area contributed by atoms with Gasteiger partial charge in [-0.05, 0) is 18.1 Å². The van der Waals surface area contributed by atoms with Crippen LogP contribution in [-0.2, 0) is 4.79 Å². The predicted octanol–water partition coefficient (Wildman–Crippen LogP) is 2.36. The molecule has 0 aliphatic rings. The zero-order valence-electron chi connectivity index (χ0n) is 12.2. The maximum Gasteiger partial charge on any atom is 0.244 e. The zero-order valence-corrected chi connectivity index (χ0v) is 12.2. The molecule has 112 valence electrons. The number of aromatic nitrogens is 1. The molecule has 1 aromatic heterocycles. The highest BCUT2D eigenvalue weighted by Crippen LogP contribution is 2.15. The molecule has 0 aliphatic heterocycles. The largest absolute Gasteiger partial charge is 0.437 e. The van der Waals surface area contributed by atoms with E-state index in [1.165, 1.54) is 12.2 Å². The van der Waals surface area contributed by atoms with Gasteiger partial charge in [0, 0.05) is 18.7 Å². The number of oxazole rings is 1. The van der Waals surface area contributed by atoms with Gasteiger partial charge in [0.15, 0.2) is 5.58 Å². The van der Waals surface area contributed by atoms with Crippen molar-refractivity contribution < 1.29 is 14.3 Å². The quantitative estimate of drug-likeness (QED) is 0.800. The Morgan fingerprint density at radius 3 is 2.95 bits per heavy atom. The second-order valence-electron chi connectivity index (χ2n) is 5.05. The van der Waals surface area contributed by atoms with Crippen LogP contribution >= 0.6 is 0 Å². The number of aliphatic hydroxyl groups is 1. The Morgan fingerprint density at radius 1 is 1.48 bits per heavy atom. The van der Waals surface area contributed by atoms with Crippen LogP contribution in [0.15, 0.2) is 34.8 Å². The van der Waals surface area contributed by atoms with Gasteiger partial charge in [-0.2, -0.15) is 0 Å². The van der Waals surface area contributed by atoms with E-state index in [-0.39, 0.29) is 18.4 Å². The van der Waals surface area contributed by atoms with Gasteiger partial charge in [-0.15, -0.1) is 0 Å². The molecule has 2 rings (SSSR count). The molecule has 2 N–H and O–H groups in total. The molecule has 1 aromatic carbocycles. The van der Waals surface area contributed by atoms with E-state index in [4.69, 9.17) is 4.42 Å². The van der Waals surface area contributed by atoms with Crippen LogP contribution in [0, 0.1) is 5.92 Å². The summed E-state index contributed by atoms with van der Waals surface area (Å²) in [5.41, 5.74) is 1.44. The SMILES string of the molecule is CCC(C)C(O)CNC(=O)/C=C/c1nc2ccccc2o1. The van der Waals surface area contributed by atoms with Gasteiger partial charge in [0.25, 0.3) is 0 Å². The number of hydrogen-bond donors (Lipinski definition) is 2. The number of nitrogens with zero attached hydrogens (tertiary/aromatic N) is 1. The fraction of sp³-hybridized carbons (Fsp3) is 0.375. The Kier molecular flexibility index (Phi) is 5.11. The van der Waals surface area contributed by atoms with Crippen molar-refractivity contribution in [1.29, 1.82) is 0 Å². The van der Waals surface area contributed by atoms with Crippen molar-refractivity contribution in [3.8, 4) is 0 Å². The standard InChI is InChI=1S/C16H20N2O3/c1-3-11(2)13(19)10-17-15(20)8-9-16-18-12-6-4-5-7-14(12)21-16/h4-9,11,13,19H,3,10H2,1-2H3,(H,17,20)/b9-8+. The monoisotopic (exact) mass is 288 g/mol. The lowest BCUT2D eigenvalue weighted by molar-refractivity contribution is -0.117. The second kappa shape index (κ2) is 7.04. The Bertz CT molecular complexity index is 600. The summed E-state index contributed by atoms with van der Waals surface area (Å²) in [6, 6.07) is 7.41. The number of nitrogens with one attached hydrogen (secondary N) is 1. The molecule has 5 heteroatoms. The van der Waals surface area contributed by atoms with E-state index in [0.717, 1.165) is 11.9 Å². The Balaban J connectivity index is 1.90. The van der Waals surface area contributed by atoms with Crippen LogP contribution in [0.3, 0.4) is 0 Å². The van der Waals surface area contributed by atoms with Crippen molar-refractivity contribution in [2.45, 2.75) is 26.4 Å². The maximum absolute atomic E-state index is 11.7.